The summed E-state index contributed by atoms with van der Waals surface area (Å²) in [5.41, 5.74) is 2.35. The highest BCUT2D eigenvalue weighted by molar-refractivity contribution is 6.05. The molecule has 1 aliphatic heterocycles. The van der Waals surface area contributed by atoms with Crippen LogP contribution >= 0.6 is 0 Å². The molecule has 0 saturated heterocycles. The van der Waals surface area contributed by atoms with E-state index in [9.17, 15) is 14.4 Å². The van der Waals surface area contributed by atoms with E-state index in [1.54, 1.807) is 6.07 Å². The van der Waals surface area contributed by atoms with Gasteiger partial charge in [-0.15, -0.1) is 0 Å². The minimum absolute atomic E-state index is 0.0802. The summed E-state index contributed by atoms with van der Waals surface area (Å²) in [5.74, 6) is -1.17. The zero-order valence-corrected chi connectivity index (χ0v) is 16.5. The number of ether oxygens (including phenoxy) is 4. The fourth-order valence-electron chi connectivity index (χ4n) is 3.11. The van der Waals surface area contributed by atoms with E-state index in [1.165, 1.54) is 33.5 Å². The topological polar surface area (TPSA) is 100 Å². The summed E-state index contributed by atoms with van der Waals surface area (Å²) in [5, 5.41) is 2.63. The van der Waals surface area contributed by atoms with Gasteiger partial charge in [-0.25, -0.2) is 9.59 Å². The van der Waals surface area contributed by atoms with Crippen LogP contribution in [0.4, 0.5) is 5.69 Å². The number of benzene rings is 2. The second-order valence-electron chi connectivity index (χ2n) is 6.49. The van der Waals surface area contributed by atoms with Gasteiger partial charge >= 0.3 is 11.9 Å². The van der Waals surface area contributed by atoms with E-state index in [0.29, 0.717) is 17.1 Å². The lowest BCUT2D eigenvalue weighted by atomic mass is 9.96. The molecule has 1 aliphatic rings. The summed E-state index contributed by atoms with van der Waals surface area (Å²) < 4.78 is 20.5. The third-order valence-electron chi connectivity index (χ3n) is 4.62. The Morgan fingerprint density at radius 2 is 1.76 bits per heavy atom. The van der Waals surface area contributed by atoms with Crippen LogP contribution in [-0.2, 0) is 20.7 Å². The highest BCUT2D eigenvalue weighted by Crippen LogP contribution is 2.34. The largest absolute Gasteiger partial charge is 0.493 e. The Kier molecular flexibility index (Phi) is 5.72. The van der Waals surface area contributed by atoms with Gasteiger partial charge in [0, 0.05) is 18.6 Å². The monoisotopic (exact) mass is 399 g/mol. The first-order valence-electron chi connectivity index (χ1n) is 8.83. The molecule has 1 amide bonds. The van der Waals surface area contributed by atoms with Crippen LogP contribution in [0, 0.1) is 6.92 Å². The minimum atomic E-state index is -1.03. The molecule has 0 fully saturated rings. The molecule has 2 aromatic carbocycles. The smallest absolute Gasteiger partial charge is 0.340 e. The molecule has 1 N–H and O–H groups in total. The fraction of sp³-hybridized carbons (Fsp3) is 0.286. The number of hydrogen-bond acceptors (Lipinski definition) is 7. The number of rotatable bonds is 5. The van der Waals surface area contributed by atoms with E-state index in [4.69, 9.17) is 18.9 Å². The molecule has 29 heavy (non-hydrogen) atoms. The van der Waals surface area contributed by atoms with Gasteiger partial charge in [0.05, 0.1) is 38.1 Å². The second-order valence-corrected chi connectivity index (χ2v) is 6.49. The molecule has 0 unspecified atom stereocenters. The van der Waals surface area contributed by atoms with Gasteiger partial charge in [-0.1, -0.05) is 17.7 Å². The van der Waals surface area contributed by atoms with Gasteiger partial charge in [0.1, 0.15) is 0 Å². The summed E-state index contributed by atoms with van der Waals surface area (Å²) in [6.45, 7) is 1.87. The number of anilines is 1. The SMILES string of the molecule is COC(=O)c1cc(OC)c(OC)cc1NC(=O)[C@@H]1Cc2ccc(C)cc2C(=O)O1. The Morgan fingerprint density at radius 3 is 2.41 bits per heavy atom. The van der Waals surface area contributed by atoms with Crippen molar-refractivity contribution in [1.82, 2.24) is 0 Å². The van der Waals surface area contributed by atoms with Gasteiger partial charge in [0.2, 0.25) is 0 Å². The zero-order valence-electron chi connectivity index (χ0n) is 16.5. The van der Waals surface area contributed by atoms with E-state index in [2.05, 4.69) is 5.32 Å². The van der Waals surface area contributed by atoms with Gasteiger partial charge < -0.3 is 24.3 Å². The maximum atomic E-state index is 12.8. The van der Waals surface area contributed by atoms with Crippen molar-refractivity contribution in [3.63, 3.8) is 0 Å². The first kappa shape index (κ1) is 20.2. The number of nitrogens with one attached hydrogen (secondary N) is 1. The van der Waals surface area contributed by atoms with Crippen LogP contribution in [0.1, 0.15) is 31.8 Å². The molecule has 0 radical (unpaired) electrons. The number of fused-ring (bicyclic) bond motifs is 1. The number of aryl methyl sites for hydroxylation is 1. The summed E-state index contributed by atoms with van der Waals surface area (Å²) in [6, 6.07) is 8.27. The molecule has 0 aromatic heterocycles. The van der Waals surface area contributed by atoms with Crippen molar-refractivity contribution in [3.8, 4) is 11.5 Å². The Balaban J connectivity index is 1.89. The highest BCUT2D eigenvalue weighted by atomic mass is 16.5. The standard InChI is InChI=1S/C21H21NO7/c1-11-5-6-12-8-18(29-21(25)13(12)7-11)19(23)22-15-10-17(27-3)16(26-2)9-14(15)20(24)28-4/h5-7,9-10,18H,8H2,1-4H3,(H,22,23)/t18-/m0/s1. The van der Waals surface area contributed by atoms with E-state index in [1.807, 2.05) is 19.1 Å². The van der Waals surface area contributed by atoms with Gasteiger partial charge in [-0.05, 0) is 18.6 Å². The van der Waals surface area contributed by atoms with E-state index >= 15 is 0 Å². The molecule has 8 nitrogen and oxygen atoms in total. The van der Waals surface area contributed by atoms with E-state index in [-0.39, 0.29) is 17.7 Å². The summed E-state index contributed by atoms with van der Waals surface area (Å²) in [6.07, 6.45) is -0.801. The third-order valence-corrected chi connectivity index (χ3v) is 4.62. The number of methoxy groups -OCH3 is 3. The third kappa shape index (κ3) is 4.01. The van der Waals surface area contributed by atoms with E-state index < -0.39 is 23.9 Å². The maximum absolute atomic E-state index is 12.8. The van der Waals surface area contributed by atoms with Crippen molar-refractivity contribution in [2.45, 2.75) is 19.4 Å². The van der Waals surface area contributed by atoms with Crippen molar-refractivity contribution >= 4 is 23.5 Å². The number of carbonyl (C=O) groups is 3. The fourth-order valence-corrected chi connectivity index (χ4v) is 3.11. The molecule has 152 valence electrons. The molecule has 3 rings (SSSR count). The molecule has 0 saturated carbocycles. The summed E-state index contributed by atoms with van der Waals surface area (Å²) in [7, 11) is 4.09. The average Bonchev–Trinajstić information content (AvgIpc) is 2.73. The number of cyclic esters (lactones) is 1. The molecule has 0 bridgehead atoms. The molecule has 1 atom stereocenters. The molecule has 2 aromatic rings. The van der Waals surface area contributed by atoms with Crippen molar-refractivity contribution in [1.29, 1.82) is 0 Å². The molecular formula is C21H21NO7. The van der Waals surface area contributed by atoms with Crippen LogP contribution < -0.4 is 14.8 Å². The normalized spacial score (nSPS) is 15.0. The highest BCUT2D eigenvalue weighted by Gasteiger charge is 2.32. The maximum Gasteiger partial charge on any atom is 0.340 e. The number of esters is 2. The number of amides is 1. The summed E-state index contributed by atoms with van der Waals surface area (Å²) in [4.78, 5) is 37.2. The van der Waals surface area contributed by atoms with Crippen LogP contribution in [0.15, 0.2) is 30.3 Å². The van der Waals surface area contributed by atoms with Crippen molar-refractivity contribution in [2.24, 2.45) is 0 Å². The lowest BCUT2D eigenvalue weighted by molar-refractivity contribution is -0.125. The van der Waals surface area contributed by atoms with E-state index in [0.717, 1.165) is 11.1 Å². The molecular weight excluding hydrogens is 378 g/mol. The molecule has 1 heterocycles. The van der Waals surface area contributed by atoms with Crippen LogP contribution in [0.3, 0.4) is 0 Å². The number of hydrogen-bond donors (Lipinski definition) is 1. The lowest BCUT2D eigenvalue weighted by Gasteiger charge is -2.24. The predicted octanol–water partition coefficient (Wildman–Crippen LogP) is 2.52. The van der Waals surface area contributed by atoms with Gasteiger partial charge in [-0.2, -0.15) is 0 Å². The zero-order chi connectivity index (χ0) is 21.1. The van der Waals surface area contributed by atoms with Crippen molar-refractivity contribution in [3.05, 3.63) is 52.6 Å². The van der Waals surface area contributed by atoms with Crippen LogP contribution in [-0.4, -0.2) is 45.3 Å². The van der Waals surface area contributed by atoms with Crippen LogP contribution in [0.5, 0.6) is 11.5 Å². The lowest BCUT2D eigenvalue weighted by Crippen LogP contribution is -2.38. The molecule has 0 spiro atoms. The molecule has 8 heteroatoms. The van der Waals surface area contributed by atoms with Crippen molar-refractivity contribution < 1.29 is 33.3 Å². The predicted molar refractivity (Wildman–Crippen MR) is 104 cm³/mol. The number of carbonyl (C=O) groups excluding carboxylic acids is 3. The Morgan fingerprint density at radius 1 is 1.07 bits per heavy atom. The Bertz CT molecular complexity index is 983. The first-order valence-corrected chi connectivity index (χ1v) is 8.83. The second kappa shape index (κ2) is 8.22. The van der Waals surface area contributed by atoms with Crippen LogP contribution in [0.2, 0.25) is 0 Å². The van der Waals surface area contributed by atoms with Gasteiger partial charge in [0.15, 0.2) is 17.6 Å². The first-order chi connectivity index (χ1) is 13.9. The van der Waals surface area contributed by atoms with Crippen LogP contribution in [0.25, 0.3) is 0 Å². The van der Waals surface area contributed by atoms with Gasteiger partial charge in [-0.3, -0.25) is 4.79 Å². The Labute approximate surface area is 167 Å². The Hall–Kier alpha value is -3.55. The van der Waals surface area contributed by atoms with Gasteiger partial charge in [0.25, 0.3) is 5.91 Å². The average molecular weight is 399 g/mol. The minimum Gasteiger partial charge on any atom is -0.493 e. The quantitative estimate of drug-likeness (QED) is 0.771. The molecule has 0 aliphatic carbocycles. The summed E-state index contributed by atoms with van der Waals surface area (Å²) >= 11 is 0. The van der Waals surface area contributed by atoms with Crippen molar-refractivity contribution in [2.75, 3.05) is 26.6 Å².